The van der Waals surface area contributed by atoms with Crippen molar-refractivity contribution in [2.45, 2.75) is 19.9 Å². The molecule has 33 heavy (non-hydrogen) atoms. The standard InChI is InChI=1S/C24H25F2N5O2/c1-5-14-8-16(25)9-18(26)22(14)29-21-11-19-23(28-13-31(19)2)24(30-21)27-12-15-6-7-17(32-3)10-20(15)33-4/h6-11,13H,5,12H2,1-4H3,(H2,27,29,30). The molecule has 0 amide bonds. The van der Waals surface area contributed by atoms with Gasteiger partial charge in [-0.3, -0.25) is 0 Å². The molecule has 0 atom stereocenters. The van der Waals surface area contributed by atoms with Crippen LogP contribution in [0.4, 0.5) is 26.1 Å². The quantitative estimate of drug-likeness (QED) is 0.383. The fraction of sp³-hybridized carbons (Fsp3) is 0.250. The Morgan fingerprint density at radius 2 is 1.85 bits per heavy atom. The lowest BCUT2D eigenvalue weighted by atomic mass is 10.1. The highest BCUT2D eigenvalue weighted by molar-refractivity contribution is 5.89. The Bertz CT molecular complexity index is 1310. The number of halogens is 2. The fourth-order valence-corrected chi connectivity index (χ4v) is 3.67. The van der Waals surface area contributed by atoms with Crippen molar-refractivity contribution in [2.24, 2.45) is 7.05 Å². The average Bonchev–Trinajstić information content (AvgIpc) is 3.19. The van der Waals surface area contributed by atoms with Crippen LogP contribution in [0.25, 0.3) is 11.0 Å². The maximum Gasteiger partial charge on any atom is 0.156 e. The summed E-state index contributed by atoms with van der Waals surface area (Å²) in [7, 11) is 5.06. The molecule has 2 heterocycles. The number of ether oxygens (including phenoxy) is 2. The van der Waals surface area contributed by atoms with E-state index < -0.39 is 11.6 Å². The topological polar surface area (TPSA) is 73.2 Å². The van der Waals surface area contributed by atoms with Crippen LogP contribution in [0.2, 0.25) is 0 Å². The van der Waals surface area contributed by atoms with Gasteiger partial charge < -0.3 is 24.7 Å². The van der Waals surface area contributed by atoms with Crippen molar-refractivity contribution in [1.29, 1.82) is 0 Å². The van der Waals surface area contributed by atoms with E-state index in [4.69, 9.17) is 9.47 Å². The van der Waals surface area contributed by atoms with Crippen LogP contribution >= 0.6 is 0 Å². The van der Waals surface area contributed by atoms with Gasteiger partial charge in [0.25, 0.3) is 0 Å². The van der Waals surface area contributed by atoms with E-state index in [1.807, 2.05) is 36.7 Å². The van der Waals surface area contributed by atoms with Crippen molar-refractivity contribution in [3.05, 3.63) is 65.5 Å². The minimum atomic E-state index is -0.670. The van der Waals surface area contributed by atoms with Gasteiger partial charge in [-0.15, -0.1) is 0 Å². The predicted octanol–water partition coefficient (Wildman–Crippen LogP) is 5.18. The van der Waals surface area contributed by atoms with E-state index in [2.05, 4.69) is 20.6 Å². The molecule has 2 aromatic heterocycles. The highest BCUT2D eigenvalue weighted by atomic mass is 19.1. The van der Waals surface area contributed by atoms with Crippen molar-refractivity contribution >= 4 is 28.4 Å². The van der Waals surface area contributed by atoms with Gasteiger partial charge >= 0.3 is 0 Å². The molecule has 0 radical (unpaired) electrons. The van der Waals surface area contributed by atoms with Crippen LogP contribution in [0, 0.1) is 11.6 Å². The first-order chi connectivity index (χ1) is 15.9. The summed E-state index contributed by atoms with van der Waals surface area (Å²) < 4.78 is 40.8. The van der Waals surface area contributed by atoms with Crippen LogP contribution in [0.15, 0.2) is 42.7 Å². The summed E-state index contributed by atoms with van der Waals surface area (Å²) in [5, 5.41) is 6.34. The molecule has 2 N–H and O–H groups in total. The summed E-state index contributed by atoms with van der Waals surface area (Å²) in [6.07, 6.45) is 2.15. The average molecular weight is 453 g/mol. The second-order valence-electron chi connectivity index (χ2n) is 7.51. The third-order valence-corrected chi connectivity index (χ3v) is 5.42. The summed E-state index contributed by atoms with van der Waals surface area (Å²) in [5.74, 6) is 1.02. The Balaban J connectivity index is 1.69. The number of fused-ring (bicyclic) bond motifs is 1. The van der Waals surface area contributed by atoms with Crippen LogP contribution in [0.1, 0.15) is 18.1 Å². The summed E-state index contributed by atoms with van der Waals surface area (Å²) in [5.41, 5.74) is 3.11. The first-order valence-electron chi connectivity index (χ1n) is 10.4. The number of rotatable bonds is 8. The number of methoxy groups -OCH3 is 2. The maximum atomic E-state index is 14.5. The molecule has 0 aliphatic heterocycles. The van der Waals surface area contributed by atoms with E-state index in [-0.39, 0.29) is 5.69 Å². The largest absolute Gasteiger partial charge is 0.497 e. The highest BCUT2D eigenvalue weighted by Gasteiger charge is 2.15. The number of hydrogen-bond acceptors (Lipinski definition) is 6. The monoisotopic (exact) mass is 453 g/mol. The number of anilines is 3. The third kappa shape index (κ3) is 4.52. The van der Waals surface area contributed by atoms with E-state index >= 15 is 0 Å². The first kappa shape index (κ1) is 22.3. The van der Waals surface area contributed by atoms with Crippen molar-refractivity contribution in [1.82, 2.24) is 14.5 Å². The second kappa shape index (κ2) is 9.32. The van der Waals surface area contributed by atoms with Gasteiger partial charge in [0.15, 0.2) is 5.82 Å². The molecular formula is C24H25F2N5O2. The third-order valence-electron chi connectivity index (χ3n) is 5.42. The van der Waals surface area contributed by atoms with Crippen LogP contribution in [0.3, 0.4) is 0 Å². The highest BCUT2D eigenvalue weighted by Crippen LogP contribution is 2.30. The van der Waals surface area contributed by atoms with Crippen LogP contribution < -0.4 is 20.1 Å². The molecule has 0 aliphatic rings. The van der Waals surface area contributed by atoms with Crippen molar-refractivity contribution in [3.63, 3.8) is 0 Å². The van der Waals surface area contributed by atoms with Gasteiger partial charge in [-0.25, -0.2) is 18.7 Å². The molecule has 0 fully saturated rings. The summed E-state index contributed by atoms with van der Waals surface area (Å²) in [4.78, 5) is 9.08. The molecule has 0 saturated carbocycles. The van der Waals surface area contributed by atoms with Crippen molar-refractivity contribution in [3.8, 4) is 11.5 Å². The van der Waals surface area contributed by atoms with Gasteiger partial charge in [0.05, 0.1) is 31.8 Å². The number of nitrogens with zero attached hydrogens (tertiary/aromatic N) is 3. The SMILES string of the molecule is CCc1cc(F)cc(F)c1Nc1cc2c(ncn2C)c(NCc2ccc(OC)cc2OC)n1. The molecule has 9 heteroatoms. The summed E-state index contributed by atoms with van der Waals surface area (Å²) in [6, 6.07) is 9.53. The van der Waals surface area contributed by atoms with Gasteiger partial charge in [-0.2, -0.15) is 0 Å². The number of pyridine rings is 1. The number of benzene rings is 2. The smallest absolute Gasteiger partial charge is 0.156 e. The Labute approximate surface area is 190 Å². The minimum Gasteiger partial charge on any atom is -0.497 e. The molecule has 0 aliphatic carbocycles. The summed E-state index contributed by atoms with van der Waals surface area (Å²) in [6.45, 7) is 2.26. The van der Waals surface area contributed by atoms with Gasteiger partial charge in [-0.05, 0) is 30.2 Å². The van der Waals surface area contributed by atoms with E-state index in [0.29, 0.717) is 47.2 Å². The lowest BCUT2D eigenvalue weighted by Gasteiger charge is -2.15. The number of hydrogen-bond donors (Lipinski definition) is 2. The van der Waals surface area contributed by atoms with Gasteiger partial charge in [0.1, 0.15) is 34.5 Å². The van der Waals surface area contributed by atoms with Crippen molar-refractivity contribution in [2.75, 3.05) is 24.9 Å². The van der Waals surface area contributed by atoms with Crippen LogP contribution in [-0.2, 0) is 20.0 Å². The van der Waals surface area contributed by atoms with Gasteiger partial charge in [0.2, 0.25) is 0 Å². The molecule has 172 valence electrons. The lowest BCUT2D eigenvalue weighted by Crippen LogP contribution is -2.07. The zero-order valence-electron chi connectivity index (χ0n) is 18.9. The fourth-order valence-electron chi connectivity index (χ4n) is 3.67. The predicted molar refractivity (Wildman–Crippen MR) is 124 cm³/mol. The molecular weight excluding hydrogens is 428 g/mol. The molecule has 0 spiro atoms. The Hall–Kier alpha value is -3.88. The molecule has 4 rings (SSSR count). The number of aromatic nitrogens is 3. The minimum absolute atomic E-state index is 0.204. The molecule has 2 aromatic carbocycles. The number of nitrogens with one attached hydrogen (secondary N) is 2. The zero-order chi connectivity index (χ0) is 23.5. The molecule has 0 bridgehead atoms. The van der Waals surface area contributed by atoms with E-state index in [0.717, 1.165) is 17.1 Å². The first-order valence-corrected chi connectivity index (χ1v) is 10.4. The Morgan fingerprint density at radius 1 is 1.03 bits per heavy atom. The van der Waals surface area contributed by atoms with Gasteiger partial charge in [0, 0.05) is 37.4 Å². The second-order valence-corrected chi connectivity index (χ2v) is 7.51. The van der Waals surface area contributed by atoms with Crippen LogP contribution in [-0.4, -0.2) is 28.8 Å². The normalized spacial score (nSPS) is 11.0. The van der Waals surface area contributed by atoms with E-state index in [1.165, 1.54) is 6.07 Å². The molecule has 7 nitrogen and oxygen atoms in total. The summed E-state index contributed by atoms with van der Waals surface area (Å²) >= 11 is 0. The zero-order valence-corrected chi connectivity index (χ0v) is 18.9. The number of imidazole rings is 1. The molecule has 0 unspecified atom stereocenters. The Morgan fingerprint density at radius 3 is 2.58 bits per heavy atom. The Kier molecular flexibility index (Phi) is 6.30. The van der Waals surface area contributed by atoms with Gasteiger partial charge in [-0.1, -0.05) is 6.92 Å². The van der Waals surface area contributed by atoms with E-state index in [1.54, 1.807) is 26.6 Å². The number of aryl methyl sites for hydroxylation is 2. The lowest BCUT2D eigenvalue weighted by molar-refractivity contribution is 0.391. The van der Waals surface area contributed by atoms with E-state index in [9.17, 15) is 8.78 Å². The van der Waals surface area contributed by atoms with Crippen molar-refractivity contribution < 1.29 is 18.3 Å². The van der Waals surface area contributed by atoms with Crippen LogP contribution in [0.5, 0.6) is 11.5 Å². The molecule has 0 saturated heterocycles. The maximum absolute atomic E-state index is 14.5. The molecule has 4 aromatic rings.